The van der Waals surface area contributed by atoms with Crippen molar-refractivity contribution in [1.82, 2.24) is 10.7 Å². The fourth-order valence-electron chi connectivity index (χ4n) is 2.29. The minimum atomic E-state index is 0.107. The number of nitrogens with one attached hydrogen (secondary N) is 2. The molecular weight excluding hydrogens is 362 g/mol. The highest BCUT2D eigenvalue weighted by atomic mass is 35.5. The predicted molar refractivity (Wildman–Crippen MR) is 103 cm³/mol. The minimum Gasteiger partial charge on any atom is -0.493 e. The summed E-state index contributed by atoms with van der Waals surface area (Å²) in [6.07, 6.45) is 9.12. The molecule has 0 unspecified atom stereocenters. The zero-order chi connectivity index (χ0) is 18.1. The van der Waals surface area contributed by atoms with Crippen LogP contribution in [0.4, 0.5) is 0 Å². The van der Waals surface area contributed by atoms with Crippen LogP contribution in [0.5, 0.6) is 11.5 Å². The van der Waals surface area contributed by atoms with Crippen LogP contribution < -0.4 is 20.2 Å². The van der Waals surface area contributed by atoms with E-state index < -0.39 is 0 Å². The number of hydrogen-bond donors (Lipinski definition) is 2. The summed E-state index contributed by atoms with van der Waals surface area (Å²) in [5.74, 6) is 3.26. The Bertz CT molecular complexity index is 670. The third-order valence-corrected chi connectivity index (χ3v) is 3.96. The first-order valence-electron chi connectivity index (χ1n) is 7.76. The van der Waals surface area contributed by atoms with Crippen molar-refractivity contribution < 1.29 is 14.2 Å². The number of rotatable bonds is 7. The Balaban J connectivity index is 1.90. The zero-order valence-corrected chi connectivity index (χ0v) is 15.5. The maximum Gasteiger partial charge on any atom is 0.187 e. The van der Waals surface area contributed by atoms with Crippen LogP contribution >= 0.6 is 23.8 Å². The van der Waals surface area contributed by atoms with Crippen LogP contribution in [0.1, 0.15) is 18.4 Å². The molecule has 8 heteroatoms. The Hall–Kier alpha value is -2.01. The van der Waals surface area contributed by atoms with E-state index >= 15 is 0 Å². The molecule has 0 spiro atoms. The molecule has 25 heavy (non-hydrogen) atoms. The monoisotopic (exact) mass is 381 g/mol. The standard InChI is InChI=1S/C17H20ClN3O3S/c1-3-6-24-16-14(18)8-12(9-15(16)22-2)10-20-21-17(25)19-11-13-5-4-7-23-13/h1,8-10,13H,4-7,11H2,2H3,(H2,19,21,25)/b20-10-/t13-/m1/s1. The summed E-state index contributed by atoms with van der Waals surface area (Å²) in [7, 11) is 1.53. The van der Waals surface area contributed by atoms with Crippen LogP contribution in [0, 0.1) is 12.3 Å². The number of terminal acetylenes is 1. The van der Waals surface area contributed by atoms with E-state index in [0.717, 1.165) is 25.0 Å². The van der Waals surface area contributed by atoms with Crippen LogP contribution in [0.3, 0.4) is 0 Å². The van der Waals surface area contributed by atoms with Gasteiger partial charge < -0.3 is 19.5 Å². The first kappa shape index (κ1) is 19.3. The van der Waals surface area contributed by atoms with Crippen LogP contribution in [0.25, 0.3) is 0 Å². The van der Waals surface area contributed by atoms with E-state index in [-0.39, 0.29) is 12.7 Å². The molecule has 1 aromatic carbocycles. The van der Waals surface area contributed by atoms with Crippen LogP contribution in [0.15, 0.2) is 17.2 Å². The van der Waals surface area contributed by atoms with Gasteiger partial charge in [-0.25, -0.2) is 0 Å². The molecule has 0 saturated carbocycles. The molecule has 1 aromatic rings. The zero-order valence-electron chi connectivity index (χ0n) is 13.9. The predicted octanol–water partition coefficient (Wildman–Crippen LogP) is 2.34. The molecular formula is C17H20ClN3O3S. The molecule has 134 valence electrons. The first-order valence-corrected chi connectivity index (χ1v) is 8.55. The van der Waals surface area contributed by atoms with Gasteiger partial charge in [0.05, 0.1) is 24.5 Å². The minimum absolute atomic E-state index is 0.107. The Kier molecular flexibility index (Phi) is 7.79. The lowest BCUT2D eigenvalue weighted by atomic mass is 10.2. The Morgan fingerprint density at radius 2 is 2.44 bits per heavy atom. The largest absolute Gasteiger partial charge is 0.493 e. The second-order valence-corrected chi connectivity index (χ2v) is 6.06. The number of thiocarbonyl (C=S) groups is 1. The highest BCUT2D eigenvalue weighted by Gasteiger charge is 2.15. The molecule has 0 aliphatic carbocycles. The first-order chi connectivity index (χ1) is 12.1. The molecule has 2 rings (SSSR count). The summed E-state index contributed by atoms with van der Waals surface area (Å²) in [5.41, 5.74) is 3.48. The molecule has 1 aliphatic heterocycles. The van der Waals surface area contributed by atoms with E-state index in [1.165, 1.54) is 7.11 Å². The van der Waals surface area contributed by atoms with E-state index in [2.05, 4.69) is 21.8 Å². The van der Waals surface area contributed by atoms with Crippen molar-refractivity contribution in [3.05, 3.63) is 22.7 Å². The molecule has 1 atom stereocenters. The van der Waals surface area contributed by atoms with Gasteiger partial charge in [-0.1, -0.05) is 17.5 Å². The lowest BCUT2D eigenvalue weighted by Gasteiger charge is -2.12. The van der Waals surface area contributed by atoms with Gasteiger partial charge in [0.15, 0.2) is 16.6 Å². The molecule has 0 aromatic heterocycles. The van der Waals surface area contributed by atoms with E-state index in [1.807, 2.05) is 0 Å². The van der Waals surface area contributed by atoms with Gasteiger partial charge in [0.2, 0.25) is 0 Å². The van der Waals surface area contributed by atoms with Gasteiger partial charge in [0.25, 0.3) is 0 Å². The summed E-state index contributed by atoms with van der Waals surface area (Å²) in [5, 5.41) is 7.97. The number of nitrogens with zero attached hydrogens (tertiary/aromatic N) is 1. The Morgan fingerprint density at radius 3 is 3.12 bits per heavy atom. The van der Waals surface area contributed by atoms with Gasteiger partial charge in [-0.15, -0.1) is 6.42 Å². The Morgan fingerprint density at radius 1 is 1.60 bits per heavy atom. The molecule has 0 amide bonds. The smallest absolute Gasteiger partial charge is 0.187 e. The summed E-state index contributed by atoms with van der Waals surface area (Å²) >= 11 is 11.4. The van der Waals surface area contributed by atoms with E-state index in [1.54, 1.807) is 18.3 Å². The van der Waals surface area contributed by atoms with E-state index in [9.17, 15) is 0 Å². The molecule has 1 aliphatic rings. The normalized spacial score (nSPS) is 16.4. The lowest BCUT2D eigenvalue weighted by Crippen LogP contribution is -2.37. The maximum absolute atomic E-state index is 6.21. The van der Waals surface area contributed by atoms with Crippen LogP contribution in [-0.2, 0) is 4.74 Å². The van der Waals surface area contributed by atoms with Gasteiger partial charge in [-0.3, -0.25) is 5.43 Å². The molecule has 1 saturated heterocycles. The number of ether oxygens (including phenoxy) is 3. The molecule has 0 bridgehead atoms. The van der Waals surface area contributed by atoms with Crippen molar-refractivity contribution in [2.75, 3.05) is 26.9 Å². The summed E-state index contributed by atoms with van der Waals surface area (Å²) in [4.78, 5) is 0. The van der Waals surface area contributed by atoms with Crippen molar-refractivity contribution in [1.29, 1.82) is 0 Å². The van der Waals surface area contributed by atoms with E-state index in [0.29, 0.717) is 28.2 Å². The fourth-order valence-corrected chi connectivity index (χ4v) is 2.69. The second kappa shape index (κ2) is 10.1. The van der Waals surface area contributed by atoms with Crippen molar-refractivity contribution in [2.24, 2.45) is 5.10 Å². The van der Waals surface area contributed by atoms with Crippen molar-refractivity contribution in [2.45, 2.75) is 18.9 Å². The number of hydrogen-bond acceptors (Lipinski definition) is 5. The maximum atomic E-state index is 6.21. The third-order valence-electron chi connectivity index (χ3n) is 3.45. The molecule has 6 nitrogen and oxygen atoms in total. The number of methoxy groups -OCH3 is 1. The summed E-state index contributed by atoms with van der Waals surface area (Å²) in [6.45, 7) is 1.59. The molecule has 0 radical (unpaired) electrons. The number of hydrazone groups is 1. The van der Waals surface area contributed by atoms with Crippen LogP contribution in [-0.4, -0.2) is 44.3 Å². The van der Waals surface area contributed by atoms with E-state index in [4.69, 9.17) is 44.5 Å². The average Bonchev–Trinajstić information content (AvgIpc) is 3.12. The molecule has 1 heterocycles. The van der Waals surface area contributed by atoms with Crippen LogP contribution in [0.2, 0.25) is 5.02 Å². The summed E-state index contributed by atoms with van der Waals surface area (Å²) < 4.78 is 16.2. The fraction of sp³-hybridized carbons (Fsp3) is 0.412. The second-order valence-electron chi connectivity index (χ2n) is 5.24. The average molecular weight is 382 g/mol. The molecule has 2 N–H and O–H groups in total. The third kappa shape index (κ3) is 6.09. The van der Waals surface area contributed by atoms with Gasteiger partial charge in [0, 0.05) is 13.2 Å². The van der Waals surface area contributed by atoms with Crippen molar-refractivity contribution >= 4 is 35.1 Å². The highest BCUT2D eigenvalue weighted by molar-refractivity contribution is 7.80. The number of halogens is 1. The van der Waals surface area contributed by atoms with Gasteiger partial charge >= 0.3 is 0 Å². The van der Waals surface area contributed by atoms with Gasteiger partial charge in [-0.05, 0) is 42.8 Å². The quantitative estimate of drug-likeness (QED) is 0.327. The number of benzene rings is 1. The SMILES string of the molecule is C#CCOc1c(Cl)cc(/C=N\NC(=S)NC[C@H]2CCCO2)cc1OC. The lowest BCUT2D eigenvalue weighted by molar-refractivity contribution is 0.114. The van der Waals surface area contributed by atoms with Crippen molar-refractivity contribution in [3.8, 4) is 23.8 Å². The topological polar surface area (TPSA) is 64.1 Å². The highest BCUT2D eigenvalue weighted by Crippen LogP contribution is 2.35. The molecule has 1 fully saturated rings. The van der Waals surface area contributed by atoms with Gasteiger partial charge in [0.1, 0.15) is 6.61 Å². The summed E-state index contributed by atoms with van der Waals surface area (Å²) in [6, 6.07) is 3.44. The van der Waals surface area contributed by atoms with Gasteiger partial charge in [-0.2, -0.15) is 5.10 Å². The van der Waals surface area contributed by atoms with Crippen molar-refractivity contribution in [3.63, 3.8) is 0 Å². The Labute approximate surface area is 157 Å².